The fourth-order valence-corrected chi connectivity index (χ4v) is 3.35. The van der Waals surface area contributed by atoms with Crippen LogP contribution in [0, 0.1) is 12.7 Å². The molecule has 0 radical (unpaired) electrons. The molecule has 0 saturated heterocycles. The zero-order valence-corrected chi connectivity index (χ0v) is 16.2. The molecule has 0 aliphatic carbocycles. The van der Waals surface area contributed by atoms with Gasteiger partial charge in [-0.05, 0) is 54.4 Å². The van der Waals surface area contributed by atoms with Crippen LogP contribution in [0.3, 0.4) is 0 Å². The highest BCUT2D eigenvalue weighted by atomic mass is 35.5. The topological polar surface area (TPSA) is 49.4 Å². The molecule has 0 spiro atoms. The number of carbonyl (C=O) groups excluding carboxylic acids is 2. The molecule has 1 heterocycles. The van der Waals surface area contributed by atoms with Gasteiger partial charge >= 0.3 is 0 Å². The van der Waals surface area contributed by atoms with Crippen LogP contribution in [0.25, 0.3) is 5.57 Å². The van der Waals surface area contributed by atoms with Crippen LogP contribution in [-0.4, -0.2) is 11.8 Å². The maximum Gasteiger partial charge on any atom is 0.282 e. The zero-order chi connectivity index (χ0) is 20.5. The molecule has 0 fully saturated rings. The number of nitrogens with one attached hydrogen (secondary N) is 1. The van der Waals surface area contributed by atoms with E-state index in [4.69, 9.17) is 11.6 Å². The Balaban J connectivity index is 1.85. The van der Waals surface area contributed by atoms with Crippen LogP contribution >= 0.6 is 11.6 Å². The number of aryl methyl sites for hydroxylation is 1. The molecule has 0 atom stereocenters. The maximum absolute atomic E-state index is 13.7. The zero-order valence-electron chi connectivity index (χ0n) is 15.4. The van der Waals surface area contributed by atoms with E-state index in [-0.39, 0.29) is 17.0 Å². The van der Waals surface area contributed by atoms with E-state index in [1.807, 2.05) is 31.2 Å². The summed E-state index contributed by atoms with van der Waals surface area (Å²) in [6.07, 6.45) is 0. The summed E-state index contributed by atoms with van der Waals surface area (Å²) in [5, 5.41) is 3.62. The molecule has 0 aromatic heterocycles. The summed E-state index contributed by atoms with van der Waals surface area (Å²) in [7, 11) is 0. The van der Waals surface area contributed by atoms with Gasteiger partial charge in [-0.15, -0.1) is 0 Å². The average Bonchev–Trinajstić information content (AvgIpc) is 2.94. The lowest BCUT2D eigenvalue weighted by molar-refractivity contribution is -0.120. The van der Waals surface area contributed by atoms with Crippen molar-refractivity contribution in [1.82, 2.24) is 0 Å². The van der Waals surface area contributed by atoms with Crippen LogP contribution in [0.15, 0.2) is 78.5 Å². The predicted octanol–water partition coefficient (Wildman–Crippen LogP) is 5.18. The van der Waals surface area contributed by atoms with Gasteiger partial charge in [0.1, 0.15) is 11.5 Å². The first-order chi connectivity index (χ1) is 14.0. The van der Waals surface area contributed by atoms with Crippen molar-refractivity contribution in [3.63, 3.8) is 0 Å². The Bertz CT molecular complexity index is 1160. The third-order valence-corrected chi connectivity index (χ3v) is 4.94. The Hall–Kier alpha value is -3.44. The number of carbonyl (C=O) groups is 2. The number of rotatable bonds is 4. The van der Waals surface area contributed by atoms with Crippen molar-refractivity contribution in [2.45, 2.75) is 6.92 Å². The number of hydrogen-bond donors (Lipinski definition) is 1. The third-order valence-electron chi connectivity index (χ3n) is 4.69. The highest BCUT2D eigenvalue weighted by molar-refractivity contribution is 6.46. The van der Waals surface area contributed by atoms with Gasteiger partial charge < -0.3 is 5.32 Å². The van der Waals surface area contributed by atoms with Crippen LogP contribution in [0.5, 0.6) is 0 Å². The van der Waals surface area contributed by atoms with Gasteiger partial charge in [-0.3, -0.25) is 9.59 Å². The largest absolute Gasteiger partial charge is 0.350 e. The monoisotopic (exact) mass is 406 g/mol. The Morgan fingerprint density at radius 3 is 2.31 bits per heavy atom. The van der Waals surface area contributed by atoms with Crippen molar-refractivity contribution in [3.05, 3.63) is 100 Å². The van der Waals surface area contributed by atoms with E-state index in [1.165, 1.54) is 18.2 Å². The molecule has 1 aliphatic rings. The first kappa shape index (κ1) is 18.9. The predicted molar refractivity (Wildman–Crippen MR) is 112 cm³/mol. The highest BCUT2D eigenvalue weighted by Gasteiger charge is 2.40. The van der Waals surface area contributed by atoms with Crippen molar-refractivity contribution in [1.29, 1.82) is 0 Å². The molecule has 2 amide bonds. The summed E-state index contributed by atoms with van der Waals surface area (Å²) in [4.78, 5) is 27.5. The number of imide groups is 1. The maximum atomic E-state index is 13.7. The quantitative estimate of drug-likeness (QED) is 0.607. The fourth-order valence-electron chi connectivity index (χ4n) is 3.23. The SMILES string of the molecule is Cc1ccccc1NC1=C(c2ccc(Cl)cc2)C(=O)N(c2cccc(F)c2)C1=O. The number of hydrogen-bond acceptors (Lipinski definition) is 3. The van der Waals surface area contributed by atoms with Crippen LogP contribution in [0.1, 0.15) is 11.1 Å². The normalized spacial score (nSPS) is 14.0. The minimum absolute atomic E-state index is 0.135. The van der Waals surface area contributed by atoms with E-state index in [0.29, 0.717) is 16.3 Å². The lowest BCUT2D eigenvalue weighted by atomic mass is 10.0. The summed E-state index contributed by atoms with van der Waals surface area (Å²) >= 11 is 5.98. The molecule has 1 N–H and O–H groups in total. The second-order valence-electron chi connectivity index (χ2n) is 6.62. The molecule has 4 rings (SSSR count). The Morgan fingerprint density at radius 2 is 1.62 bits per heavy atom. The molecule has 0 unspecified atom stereocenters. The highest BCUT2D eigenvalue weighted by Crippen LogP contribution is 2.34. The number of benzene rings is 3. The van der Waals surface area contributed by atoms with Crippen molar-refractivity contribution in [2.24, 2.45) is 0 Å². The van der Waals surface area contributed by atoms with Crippen molar-refractivity contribution < 1.29 is 14.0 Å². The molecular formula is C23H16ClFN2O2. The number of halogens is 2. The Labute approximate surface area is 172 Å². The van der Waals surface area contributed by atoms with Gasteiger partial charge in [0.15, 0.2) is 0 Å². The Morgan fingerprint density at radius 1 is 0.897 bits per heavy atom. The summed E-state index contributed by atoms with van der Waals surface area (Å²) in [6, 6.07) is 19.5. The van der Waals surface area contributed by atoms with Gasteiger partial charge in [-0.2, -0.15) is 0 Å². The number of para-hydroxylation sites is 1. The van der Waals surface area contributed by atoms with E-state index < -0.39 is 17.6 Å². The molecule has 144 valence electrons. The number of nitrogens with zero attached hydrogens (tertiary/aromatic N) is 1. The molecule has 0 bridgehead atoms. The molecule has 29 heavy (non-hydrogen) atoms. The second-order valence-corrected chi connectivity index (χ2v) is 7.06. The van der Waals surface area contributed by atoms with Crippen molar-refractivity contribution in [3.8, 4) is 0 Å². The van der Waals surface area contributed by atoms with Gasteiger partial charge in [0, 0.05) is 10.7 Å². The average molecular weight is 407 g/mol. The van der Waals surface area contributed by atoms with Gasteiger partial charge in [0.25, 0.3) is 11.8 Å². The summed E-state index contributed by atoms with van der Waals surface area (Å²) in [6.45, 7) is 1.90. The molecule has 3 aromatic carbocycles. The van der Waals surface area contributed by atoms with Gasteiger partial charge in [-0.1, -0.05) is 48.0 Å². The van der Waals surface area contributed by atoms with Crippen molar-refractivity contribution >= 4 is 40.4 Å². The minimum Gasteiger partial charge on any atom is -0.350 e. The molecule has 4 nitrogen and oxygen atoms in total. The lowest BCUT2D eigenvalue weighted by Crippen LogP contribution is -2.32. The van der Waals surface area contributed by atoms with E-state index in [2.05, 4.69) is 5.32 Å². The number of amides is 2. The Kier molecular flexibility index (Phi) is 4.91. The van der Waals surface area contributed by atoms with Crippen LogP contribution in [0.2, 0.25) is 5.02 Å². The van der Waals surface area contributed by atoms with Gasteiger partial charge in [0.2, 0.25) is 0 Å². The molecule has 1 aliphatic heterocycles. The fraction of sp³-hybridized carbons (Fsp3) is 0.0435. The minimum atomic E-state index is -0.547. The molecule has 0 saturated carbocycles. The summed E-state index contributed by atoms with van der Waals surface area (Å²) in [5.74, 6) is -1.61. The number of anilines is 2. The lowest BCUT2D eigenvalue weighted by Gasteiger charge is -2.15. The van der Waals surface area contributed by atoms with Crippen LogP contribution < -0.4 is 10.2 Å². The van der Waals surface area contributed by atoms with Crippen LogP contribution in [-0.2, 0) is 9.59 Å². The van der Waals surface area contributed by atoms with E-state index in [9.17, 15) is 14.0 Å². The van der Waals surface area contributed by atoms with E-state index in [0.717, 1.165) is 16.5 Å². The third kappa shape index (κ3) is 3.52. The van der Waals surface area contributed by atoms with E-state index >= 15 is 0 Å². The molecule has 3 aromatic rings. The standard InChI is InChI=1S/C23H16ClFN2O2/c1-14-5-2-3-8-19(14)26-21-20(15-9-11-16(24)12-10-15)22(28)27(23(21)29)18-7-4-6-17(25)13-18/h2-13,26H,1H3. The first-order valence-corrected chi connectivity index (χ1v) is 9.31. The van der Waals surface area contributed by atoms with E-state index in [1.54, 1.807) is 24.3 Å². The summed E-state index contributed by atoms with van der Waals surface area (Å²) < 4.78 is 13.7. The van der Waals surface area contributed by atoms with Crippen LogP contribution in [0.4, 0.5) is 15.8 Å². The molecule has 6 heteroatoms. The van der Waals surface area contributed by atoms with Gasteiger partial charge in [-0.25, -0.2) is 9.29 Å². The second kappa shape index (κ2) is 7.53. The molecular weight excluding hydrogens is 391 g/mol. The van der Waals surface area contributed by atoms with Crippen molar-refractivity contribution in [2.75, 3.05) is 10.2 Å². The smallest absolute Gasteiger partial charge is 0.282 e. The summed E-state index contributed by atoms with van der Waals surface area (Å²) in [5.41, 5.74) is 2.68. The van der Waals surface area contributed by atoms with Gasteiger partial charge in [0.05, 0.1) is 11.3 Å². The first-order valence-electron chi connectivity index (χ1n) is 8.93.